The van der Waals surface area contributed by atoms with Gasteiger partial charge in [-0.15, -0.1) is 0 Å². The Morgan fingerprint density at radius 1 is 1.06 bits per heavy atom. The molecule has 0 saturated carbocycles. The van der Waals surface area contributed by atoms with Crippen LogP contribution in [0.5, 0.6) is 0 Å². The molecule has 1 nitrogen and oxygen atoms in total. The molecule has 2 rings (SSSR count). The fourth-order valence-corrected chi connectivity index (χ4v) is 2.08. The molecule has 0 aliphatic heterocycles. The maximum atomic E-state index is 12.1. The zero-order chi connectivity index (χ0) is 13.0. The lowest BCUT2D eigenvalue weighted by atomic mass is 10.0. The number of carbonyl (C=O) groups is 1. The van der Waals surface area contributed by atoms with E-state index in [4.69, 9.17) is 11.6 Å². The number of allylic oxidation sites excluding steroid dienone is 1. The van der Waals surface area contributed by atoms with Gasteiger partial charge in [0.05, 0.1) is 5.02 Å². The highest BCUT2D eigenvalue weighted by Gasteiger charge is 2.09. The molecule has 0 aliphatic carbocycles. The van der Waals surface area contributed by atoms with Crippen LogP contribution < -0.4 is 0 Å². The first-order valence-electron chi connectivity index (χ1n) is 5.71. The maximum absolute atomic E-state index is 12.1. The second-order valence-corrected chi connectivity index (χ2v) is 4.45. The number of aryl methyl sites for hydroxylation is 1. The van der Waals surface area contributed by atoms with Crippen LogP contribution in [-0.4, -0.2) is 5.78 Å². The van der Waals surface area contributed by atoms with Gasteiger partial charge in [-0.05, 0) is 30.2 Å². The molecule has 0 radical (unpaired) electrons. The third-order valence-corrected chi connectivity index (χ3v) is 3.01. The predicted molar refractivity (Wildman–Crippen MR) is 76.0 cm³/mol. The van der Waals surface area contributed by atoms with Gasteiger partial charge >= 0.3 is 0 Å². The number of carbonyl (C=O) groups excluding carboxylic acids is 1. The summed E-state index contributed by atoms with van der Waals surface area (Å²) >= 11 is 6.05. The van der Waals surface area contributed by atoms with Gasteiger partial charge in [0.15, 0.2) is 5.78 Å². The first kappa shape index (κ1) is 12.6. The Balaban J connectivity index is 2.26. The molecular weight excluding hydrogens is 244 g/mol. The Kier molecular flexibility index (Phi) is 3.96. The second-order valence-electron chi connectivity index (χ2n) is 4.04. The van der Waals surface area contributed by atoms with Gasteiger partial charge in [-0.3, -0.25) is 4.79 Å². The summed E-state index contributed by atoms with van der Waals surface area (Å²) in [6, 6.07) is 15.2. The minimum absolute atomic E-state index is 0.0676. The van der Waals surface area contributed by atoms with E-state index in [1.54, 1.807) is 18.2 Å². The molecular formula is C16H13ClO. The van der Waals surface area contributed by atoms with Crippen molar-refractivity contribution in [3.63, 3.8) is 0 Å². The van der Waals surface area contributed by atoms with Crippen LogP contribution >= 0.6 is 11.6 Å². The van der Waals surface area contributed by atoms with Crippen molar-refractivity contribution < 1.29 is 4.79 Å². The molecule has 0 fully saturated rings. The van der Waals surface area contributed by atoms with E-state index in [0.717, 1.165) is 11.1 Å². The van der Waals surface area contributed by atoms with Crippen LogP contribution in [0.1, 0.15) is 21.5 Å². The van der Waals surface area contributed by atoms with Crippen LogP contribution in [0.25, 0.3) is 6.08 Å². The van der Waals surface area contributed by atoms with E-state index < -0.39 is 0 Å². The molecule has 0 atom stereocenters. The topological polar surface area (TPSA) is 17.1 Å². The summed E-state index contributed by atoms with van der Waals surface area (Å²) in [6.45, 7) is 1.88. The molecule has 0 amide bonds. The van der Waals surface area contributed by atoms with Gasteiger partial charge in [-0.25, -0.2) is 0 Å². The normalized spacial score (nSPS) is 10.8. The molecule has 0 spiro atoms. The van der Waals surface area contributed by atoms with Gasteiger partial charge in [-0.1, -0.05) is 60.1 Å². The summed E-state index contributed by atoms with van der Waals surface area (Å²) in [6.07, 6.45) is 3.36. The largest absolute Gasteiger partial charge is 0.289 e. The first-order valence-corrected chi connectivity index (χ1v) is 6.09. The van der Waals surface area contributed by atoms with Crippen LogP contribution in [-0.2, 0) is 0 Å². The molecule has 0 aromatic heterocycles. The molecule has 90 valence electrons. The van der Waals surface area contributed by atoms with Crippen molar-refractivity contribution in [1.82, 2.24) is 0 Å². The van der Waals surface area contributed by atoms with Crippen LogP contribution in [0.3, 0.4) is 0 Å². The van der Waals surface area contributed by atoms with Crippen LogP contribution in [0.4, 0.5) is 0 Å². The average Bonchev–Trinajstić information content (AvgIpc) is 2.37. The van der Waals surface area contributed by atoms with Crippen molar-refractivity contribution in [2.24, 2.45) is 0 Å². The second kappa shape index (κ2) is 5.65. The van der Waals surface area contributed by atoms with E-state index in [-0.39, 0.29) is 5.78 Å². The molecule has 2 aromatic carbocycles. The number of rotatable bonds is 3. The summed E-state index contributed by atoms with van der Waals surface area (Å²) in [4.78, 5) is 12.1. The SMILES string of the molecule is Cc1cccc(Cl)c1C(=O)C=Cc1ccccc1. The number of ketones is 1. The zero-order valence-corrected chi connectivity index (χ0v) is 10.8. The van der Waals surface area contributed by atoms with Crippen LogP contribution in [0.2, 0.25) is 5.02 Å². The van der Waals surface area contributed by atoms with Crippen molar-refractivity contribution in [2.75, 3.05) is 0 Å². The Bertz CT molecular complexity index is 565. The fraction of sp³-hybridized carbons (Fsp3) is 0.0625. The minimum Gasteiger partial charge on any atom is -0.289 e. The number of hydrogen-bond donors (Lipinski definition) is 0. The van der Waals surface area contributed by atoms with E-state index in [0.29, 0.717) is 10.6 Å². The lowest BCUT2D eigenvalue weighted by Crippen LogP contribution is -1.98. The van der Waals surface area contributed by atoms with E-state index in [2.05, 4.69) is 0 Å². The Labute approximate surface area is 112 Å². The molecule has 2 heteroatoms. The van der Waals surface area contributed by atoms with Gasteiger partial charge in [-0.2, -0.15) is 0 Å². The Morgan fingerprint density at radius 2 is 1.78 bits per heavy atom. The molecule has 0 aliphatic rings. The predicted octanol–water partition coefficient (Wildman–Crippen LogP) is 4.54. The smallest absolute Gasteiger partial charge is 0.187 e. The molecule has 0 unspecified atom stereocenters. The van der Waals surface area contributed by atoms with E-state index >= 15 is 0 Å². The van der Waals surface area contributed by atoms with Gasteiger partial charge in [0, 0.05) is 5.56 Å². The molecule has 18 heavy (non-hydrogen) atoms. The average molecular weight is 257 g/mol. The summed E-state index contributed by atoms with van der Waals surface area (Å²) < 4.78 is 0. The maximum Gasteiger partial charge on any atom is 0.187 e. The minimum atomic E-state index is -0.0676. The standard InChI is InChI=1S/C16H13ClO/c1-12-6-5-9-14(17)16(12)15(18)11-10-13-7-3-2-4-8-13/h2-11H,1H3. The quantitative estimate of drug-likeness (QED) is 0.582. The monoisotopic (exact) mass is 256 g/mol. The number of halogens is 1. The van der Waals surface area contributed by atoms with Crippen LogP contribution in [0, 0.1) is 6.92 Å². The fourth-order valence-electron chi connectivity index (χ4n) is 1.76. The van der Waals surface area contributed by atoms with Gasteiger partial charge < -0.3 is 0 Å². The third-order valence-electron chi connectivity index (χ3n) is 2.70. The molecule has 2 aromatic rings. The highest BCUT2D eigenvalue weighted by molar-refractivity contribution is 6.35. The summed E-state index contributed by atoms with van der Waals surface area (Å²) in [5, 5.41) is 0.498. The summed E-state index contributed by atoms with van der Waals surface area (Å²) in [7, 11) is 0. The van der Waals surface area contributed by atoms with Crippen molar-refractivity contribution >= 4 is 23.5 Å². The van der Waals surface area contributed by atoms with E-state index in [1.807, 2.05) is 49.4 Å². The van der Waals surface area contributed by atoms with Crippen molar-refractivity contribution in [2.45, 2.75) is 6.92 Å². The van der Waals surface area contributed by atoms with Crippen molar-refractivity contribution in [3.8, 4) is 0 Å². The Hall–Kier alpha value is -1.86. The Morgan fingerprint density at radius 3 is 2.44 bits per heavy atom. The zero-order valence-electron chi connectivity index (χ0n) is 10.1. The van der Waals surface area contributed by atoms with E-state index in [9.17, 15) is 4.79 Å². The first-order chi connectivity index (χ1) is 8.68. The van der Waals surface area contributed by atoms with Gasteiger partial charge in [0.2, 0.25) is 0 Å². The molecule has 0 N–H and O–H groups in total. The summed E-state index contributed by atoms with van der Waals surface area (Å²) in [5.41, 5.74) is 2.46. The summed E-state index contributed by atoms with van der Waals surface area (Å²) in [5.74, 6) is -0.0676. The highest BCUT2D eigenvalue weighted by Crippen LogP contribution is 2.20. The number of hydrogen-bond acceptors (Lipinski definition) is 1. The van der Waals surface area contributed by atoms with Crippen molar-refractivity contribution in [3.05, 3.63) is 76.3 Å². The van der Waals surface area contributed by atoms with Crippen molar-refractivity contribution in [1.29, 1.82) is 0 Å². The van der Waals surface area contributed by atoms with Crippen LogP contribution in [0.15, 0.2) is 54.6 Å². The van der Waals surface area contributed by atoms with E-state index in [1.165, 1.54) is 0 Å². The van der Waals surface area contributed by atoms with Gasteiger partial charge in [0.1, 0.15) is 0 Å². The molecule has 0 saturated heterocycles. The number of benzene rings is 2. The highest BCUT2D eigenvalue weighted by atomic mass is 35.5. The third kappa shape index (κ3) is 2.88. The molecule has 0 heterocycles. The molecule has 0 bridgehead atoms. The van der Waals surface area contributed by atoms with Gasteiger partial charge in [0.25, 0.3) is 0 Å². The lowest BCUT2D eigenvalue weighted by molar-refractivity contribution is 0.104. The lowest BCUT2D eigenvalue weighted by Gasteiger charge is -2.03.